The first-order valence-electron chi connectivity index (χ1n) is 9.51. The number of benzene rings is 1. The normalized spacial score (nSPS) is 11.6. The molecule has 0 atom stereocenters. The highest BCUT2D eigenvalue weighted by Gasteiger charge is 2.18. The summed E-state index contributed by atoms with van der Waals surface area (Å²) in [6, 6.07) is 5.95. The Morgan fingerprint density at radius 3 is 2.00 bits per heavy atom. The third kappa shape index (κ3) is 8.58. The molecular formula is C20H33Cl2N3O2. The molecule has 154 valence electrons. The minimum atomic E-state index is -0.0785. The van der Waals surface area contributed by atoms with Gasteiger partial charge in [-0.05, 0) is 59.7 Å². The van der Waals surface area contributed by atoms with Gasteiger partial charge >= 0.3 is 6.03 Å². The molecule has 0 fully saturated rings. The van der Waals surface area contributed by atoms with Crippen LogP contribution in [0.5, 0.6) is 5.75 Å². The smallest absolute Gasteiger partial charge is 0.317 e. The third-order valence-electron chi connectivity index (χ3n) is 4.29. The predicted octanol–water partition coefficient (Wildman–Crippen LogP) is 4.91. The van der Waals surface area contributed by atoms with Crippen molar-refractivity contribution in [1.82, 2.24) is 15.1 Å². The van der Waals surface area contributed by atoms with Crippen molar-refractivity contribution < 1.29 is 9.53 Å². The van der Waals surface area contributed by atoms with Crippen molar-refractivity contribution in [2.75, 3.05) is 26.2 Å². The second kappa shape index (κ2) is 11.6. The van der Waals surface area contributed by atoms with E-state index in [9.17, 15) is 4.79 Å². The van der Waals surface area contributed by atoms with Crippen molar-refractivity contribution in [3.8, 4) is 5.75 Å². The van der Waals surface area contributed by atoms with Crippen LogP contribution in [0.25, 0.3) is 0 Å². The molecule has 0 saturated carbocycles. The topological polar surface area (TPSA) is 44.8 Å². The number of carbonyl (C=O) groups excluding carboxylic acids is 1. The summed E-state index contributed by atoms with van der Waals surface area (Å²) in [5.74, 6) is 0.598. The molecule has 0 radical (unpaired) electrons. The first-order valence-corrected chi connectivity index (χ1v) is 10.3. The van der Waals surface area contributed by atoms with Crippen molar-refractivity contribution in [3.63, 3.8) is 0 Å². The molecular weight excluding hydrogens is 385 g/mol. The van der Waals surface area contributed by atoms with E-state index in [0.717, 1.165) is 6.54 Å². The number of halogens is 2. The summed E-state index contributed by atoms with van der Waals surface area (Å²) < 4.78 is 5.71. The van der Waals surface area contributed by atoms with Crippen LogP contribution < -0.4 is 10.1 Å². The molecule has 1 rings (SSSR count). The number of hydrogen-bond donors (Lipinski definition) is 1. The molecule has 0 bridgehead atoms. The number of nitrogens with zero attached hydrogens (tertiary/aromatic N) is 2. The molecule has 0 aliphatic carbocycles. The van der Waals surface area contributed by atoms with Gasteiger partial charge in [0.1, 0.15) is 12.4 Å². The monoisotopic (exact) mass is 417 g/mol. The van der Waals surface area contributed by atoms with E-state index < -0.39 is 0 Å². The van der Waals surface area contributed by atoms with Gasteiger partial charge in [0.25, 0.3) is 0 Å². The standard InChI is InChI=1S/C20H33Cl2N3O2/c1-14(2)24(15(3)4)8-7-23-20(26)25(16(5)6)9-10-27-19-12-17(21)11-18(22)13-19/h11-16H,7-10H2,1-6H3,(H,23,26). The van der Waals surface area contributed by atoms with Gasteiger partial charge in [0.15, 0.2) is 0 Å². The fourth-order valence-corrected chi connectivity index (χ4v) is 3.48. The van der Waals surface area contributed by atoms with Gasteiger partial charge in [0, 0.05) is 41.3 Å². The Bertz CT molecular complexity index is 566. The van der Waals surface area contributed by atoms with Crippen LogP contribution in [0.4, 0.5) is 4.79 Å². The Labute approximate surface area is 173 Å². The van der Waals surface area contributed by atoms with Crippen molar-refractivity contribution >= 4 is 29.2 Å². The van der Waals surface area contributed by atoms with Gasteiger partial charge in [-0.2, -0.15) is 0 Å². The lowest BCUT2D eigenvalue weighted by molar-refractivity contribution is 0.155. The molecule has 2 amide bonds. The SMILES string of the molecule is CC(C)N(CCOc1cc(Cl)cc(Cl)c1)C(=O)NCCN(C(C)C)C(C)C. The van der Waals surface area contributed by atoms with E-state index in [1.54, 1.807) is 23.1 Å². The van der Waals surface area contributed by atoms with Crippen molar-refractivity contribution in [2.45, 2.75) is 59.7 Å². The highest BCUT2D eigenvalue weighted by atomic mass is 35.5. The van der Waals surface area contributed by atoms with Crippen LogP contribution in [0, 0.1) is 0 Å². The van der Waals surface area contributed by atoms with Crippen molar-refractivity contribution in [1.29, 1.82) is 0 Å². The van der Waals surface area contributed by atoms with E-state index in [1.807, 2.05) is 13.8 Å². The van der Waals surface area contributed by atoms with E-state index in [4.69, 9.17) is 27.9 Å². The average Bonchev–Trinajstić information content (AvgIpc) is 2.53. The Morgan fingerprint density at radius 1 is 0.963 bits per heavy atom. The summed E-state index contributed by atoms with van der Waals surface area (Å²) in [7, 11) is 0. The van der Waals surface area contributed by atoms with E-state index in [0.29, 0.717) is 47.6 Å². The quantitative estimate of drug-likeness (QED) is 0.587. The number of hydrogen-bond acceptors (Lipinski definition) is 3. The molecule has 1 aromatic carbocycles. The van der Waals surface area contributed by atoms with Crippen LogP contribution >= 0.6 is 23.2 Å². The number of carbonyl (C=O) groups is 1. The summed E-state index contributed by atoms with van der Waals surface area (Å²) in [6.45, 7) is 14.9. The van der Waals surface area contributed by atoms with Crippen LogP contribution in [0.1, 0.15) is 41.5 Å². The second-order valence-corrected chi connectivity index (χ2v) is 8.27. The summed E-state index contributed by atoms with van der Waals surface area (Å²) in [5, 5.41) is 4.07. The van der Waals surface area contributed by atoms with E-state index >= 15 is 0 Å². The number of rotatable bonds is 10. The van der Waals surface area contributed by atoms with E-state index in [1.165, 1.54) is 0 Å². The van der Waals surface area contributed by atoms with Crippen molar-refractivity contribution in [3.05, 3.63) is 28.2 Å². The number of nitrogens with one attached hydrogen (secondary N) is 1. The van der Waals surface area contributed by atoms with Gasteiger partial charge in [-0.1, -0.05) is 23.2 Å². The Morgan fingerprint density at radius 2 is 1.52 bits per heavy atom. The third-order valence-corrected chi connectivity index (χ3v) is 4.73. The largest absolute Gasteiger partial charge is 0.492 e. The van der Waals surface area contributed by atoms with Gasteiger partial charge < -0.3 is 15.0 Å². The van der Waals surface area contributed by atoms with Gasteiger partial charge in [-0.25, -0.2) is 4.79 Å². The molecule has 0 aromatic heterocycles. The van der Waals surface area contributed by atoms with Gasteiger partial charge in [-0.3, -0.25) is 4.90 Å². The van der Waals surface area contributed by atoms with Gasteiger partial charge in [0.05, 0.1) is 6.54 Å². The molecule has 0 aliphatic heterocycles. The molecule has 0 aliphatic rings. The Hall–Kier alpha value is -1.17. The van der Waals surface area contributed by atoms with Crippen LogP contribution in [-0.2, 0) is 0 Å². The average molecular weight is 418 g/mol. The summed E-state index contributed by atoms with van der Waals surface area (Å²) in [4.78, 5) is 16.7. The summed E-state index contributed by atoms with van der Waals surface area (Å²) in [5.41, 5.74) is 0. The highest BCUT2D eigenvalue weighted by molar-refractivity contribution is 6.34. The first kappa shape index (κ1) is 23.9. The van der Waals surface area contributed by atoms with E-state index in [2.05, 4.69) is 37.9 Å². The molecule has 0 unspecified atom stereocenters. The fraction of sp³-hybridized carbons (Fsp3) is 0.650. The summed E-state index contributed by atoms with van der Waals surface area (Å²) >= 11 is 12.0. The zero-order chi connectivity index (χ0) is 20.6. The van der Waals surface area contributed by atoms with Gasteiger partial charge in [-0.15, -0.1) is 0 Å². The highest BCUT2D eigenvalue weighted by Crippen LogP contribution is 2.24. The van der Waals surface area contributed by atoms with Crippen LogP contribution in [0.3, 0.4) is 0 Å². The first-order chi connectivity index (χ1) is 12.6. The van der Waals surface area contributed by atoms with Crippen molar-refractivity contribution in [2.24, 2.45) is 0 Å². The molecule has 5 nitrogen and oxygen atoms in total. The molecule has 0 saturated heterocycles. The number of amides is 2. The molecule has 1 N–H and O–H groups in total. The zero-order valence-electron chi connectivity index (χ0n) is 17.3. The second-order valence-electron chi connectivity index (χ2n) is 7.40. The Kier molecular flexibility index (Phi) is 10.3. The maximum absolute atomic E-state index is 12.6. The molecule has 0 spiro atoms. The zero-order valence-corrected chi connectivity index (χ0v) is 18.8. The minimum Gasteiger partial charge on any atom is -0.492 e. The predicted molar refractivity (Wildman–Crippen MR) is 114 cm³/mol. The lowest BCUT2D eigenvalue weighted by Gasteiger charge is -2.31. The van der Waals surface area contributed by atoms with Crippen LogP contribution in [-0.4, -0.2) is 60.2 Å². The maximum Gasteiger partial charge on any atom is 0.317 e. The summed E-state index contributed by atoms with van der Waals surface area (Å²) in [6.07, 6.45) is 0. The van der Waals surface area contributed by atoms with Crippen LogP contribution in [0.2, 0.25) is 10.0 Å². The lowest BCUT2D eigenvalue weighted by Crippen LogP contribution is -2.49. The molecule has 1 aromatic rings. The fourth-order valence-electron chi connectivity index (χ4n) is 2.97. The maximum atomic E-state index is 12.6. The molecule has 7 heteroatoms. The van der Waals surface area contributed by atoms with Gasteiger partial charge in [0.2, 0.25) is 0 Å². The van der Waals surface area contributed by atoms with Crippen LogP contribution in [0.15, 0.2) is 18.2 Å². The molecule has 0 heterocycles. The van der Waals surface area contributed by atoms with E-state index in [-0.39, 0.29) is 12.1 Å². The number of urea groups is 1. The lowest BCUT2D eigenvalue weighted by atomic mass is 10.2. The number of ether oxygens (including phenoxy) is 1. The Balaban J connectivity index is 2.50. The minimum absolute atomic E-state index is 0.0721. The molecule has 27 heavy (non-hydrogen) atoms.